The van der Waals surface area contributed by atoms with Crippen molar-refractivity contribution in [2.45, 2.75) is 25.7 Å². The zero-order valence-electron chi connectivity index (χ0n) is 17.4. The summed E-state index contributed by atoms with van der Waals surface area (Å²) in [5, 5.41) is 1.96. The summed E-state index contributed by atoms with van der Waals surface area (Å²) in [4.78, 5) is 0. The Kier molecular flexibility index (Phi) is 6.76. The molecule has 148 valence electrons. The van der Waals surface area contributed by atoms with Crippen LogP contribution in [0.2, 0.25) is 19.6 Å². The molecular formula is C25H27NO2Si. The summed E-state index contributed by atoms with van der Waals surface area (Å²) in [6.45, 7) is 6.54. The lowest BCUT2D eigenvalue weighted by Gasteiger charge is -2.35. The quantitative estimate of drug-likeness (QED) is 0.285. The Labute approximate surface area is 175 Å². The van der Waals surface area contributed by atoms with E-state index in [1.54, 1.807) is 7.11 Å². The van der Waals surface area contributed by atoms with Crippen LogP contribution in [0.5, 0.6) is 5.75 Å². The highest BCUT2D eigenvalue weighted by molar-refractivity contribution is 6.69. The molecule has 4 heteroatoms. The van der Waals surface area contributed by atoms with E-state index in [1.165, 1.54) is 0 Å². The average molecular weight is 402 g/mol. The van der Waals surface area contributed by atoms with Crippen LogP contribution in [0.1, 0.15) is 17.2 Å². The lowest BCUT2D eigenvalue weighted by molar-refractivity contribution is 0.254. The summed E-state index contributed by atoms with van der Waals surface area (Å²) in [5.74, 6) is 7.58. The van der Waals surface area contributed by atoms with Gasteiger partial charge in [0.25, 0.3) is 0 Å². The largest absolute Gasteiger partial charge is 0.497 e. The van der Waals surface area contributed by atoms with Crippen LogP contribution in [0, 0.1) is 11.8 Å². The number of nitrogens with zero attached hydrogens (tertiary/aromatic N) is 1. The molecule has 0 N–H and O–H groups in total. The van der Waals surface area contributed by atoms with Crippen LogP contribution in [-0.4, -0.2) is 15.4 Å². The number of para-hydroxylation sites is 1. The predicted octanol–water partition coefficient (Wildman–Crippen LogP) is 6.06. The van der Waals surface area contributed by atoms with Crippen molar-refractivity contribution in [3.05, 3.63) is 96.1 Å². The second-order valence-electron chi connectivity index (χ2n) is 7.68. The minimum atomic E-state index is -1.89. The Morgan fingerprint density at radius 3 is 1.93 bits per heavy atom. The van der Waals surface area contributed by atoms with Gasteiger partial charge in [0.15, 0.2) is 0 Å². The van der Waals surface area contributed by atoms with Crippen molar-refractivity contribution >= 4 is 14.0 Å². The van der Waals surface area contributed by atoms with Gasteiger partial charge in [-0.2, -0.15) is 0 Å². The minimum Gasteiger partial charge on any atom is -0.497 e. The highest BCUT2D eigenvalue weighted by atomic mass is 28.4. The Balaban J connectivity index is 2.08. The third-order valence-electron chi connectivity index (χ3n) is 4.18. The van der Waals surface area contributed by atoms with Gasteiger partial charge in [0, 0.05) is 5.56 Å². The highest BCUT2D eigenvalue weighted by Crippen LogP contribution is 2.30. The average Bonchev–Trinajstić information content (AvgIpc) is 2.74. The Bertz CT molecular complexity index is 955. The molecule has 3 nitrogen and oxygen atoms in total. The molecule has 3 aromatic carbocycles. The third-order valence-corrected chi connectivity index (χ3v) is 4.92. The molecule has 3 aromatic rings. The van der Waals surface area contributed by atoms with E-state index in [9.17, 15) is 0 Å². The number of hydrogen-bond donors (Lipinski definition) is 0. The van der Waals surface area contributed by atoms with Crippen LogP contribution in [0.15, 0.2) is 84.9 Å². The fourth-order valence-corrected chi connectivity index (χ4v) is 3.66. The van der Waals surface area contributed by atoms with E-state index in [4.69, 9.17) is 9.26 Å². The van der Waals surface area contributed by atoms with Crippen LogP contribution in [0.25, 0.3) is 0 Å². The lowest BCUT2D eigenvalue weighted by atomic mass is 10.1. The zero-order chi connectivity index (χ0) is 20.7. The summed E-state index contributed by atoms with van der Waals surface area (Å²) in [7, 11) is -0.218. The molecule has 0 aliphatic heterocycles. The van der Waals surface area contributed by atoms with Gasteiger partial charge in [0.05, 0.1) is 12.8 Å². The summed E-state index contributed by atoms with van der Waals surface area (Å²) in [5.41, 5.74) is 3.02. The first-order valence-corrected chi connectivity index (χ1v) is 13.1. The molecular weight excluding hydrogens is 374 g/mol. The minimum absolute atomic E-state index is 0.254. The Morgan fingerprint density at radius 2 is 1.38 bits per heavy atom. The van der Waals surface area contributed by atoms with E-state index in [0.29, 0.717) is 0 Å². The van der Waals surface area contributed by atoms with Crippen molar-refractivity contribution in [3.63, 3.8) is 0 Å². The summed E-state index contributed by atoms with van der Waals surface area (Å²) in [6.07, 6.45) is 0. The number of rotatable bonds is 6. The van der Waals surface area contributed by atoms with Gasteiger partial charge < -0.3 is 9.26 Å². The molecule has 1 unspecified atom stereocenters. The zero-order valence-corrected chi connectivity index (χ0v) is 18.4. The van der Waals surface area contributed by atoms with Crippen LogP contribution >= 0.6 is 0 Å². The first-order valence-electron chi connectivity index (χ1n) is 9.70. The maximum atomic E-state index is 6.52. The molecule has 0 aliphatic rings. The number of hydroxylamine groups is 1. The van der Waals surface area contributed by atoms with E-state index >= 15 is 0 Å². The molecule has 3 rings (SSSR count). The van der Waals surface area contributed by atoms with Crippen LogP contribution in [0.3, 0.4) is 0 Å². The third kappa shape index (κ3) is 5.99. The van der Waals surface area contributed by atoms with Crippen LogP contribution < -0.4 is 9.80 Å². The summed E-state index contributed by atoms with van der Waals surface area (Å²) >= 11 is 0. The van der Waals surface area contributed by atoms with Crippen molar-refractivity contribution in [2.75, 3.05) is 12.2 Å². The fraction of sp³-hybridized carbons (Fsp3) is 0.200. The number of anilines is 1. The highest BCUT2D eigenvalue weighted by Gasteiger charge is 2.27. The van der Waals surface area contributed by atoms with E-state index in [2.05, 4.69) is 43.6 Å². The van der Waals surface area contributed by atoms with E-state index in [1.807, 2.05) is 77.9 Å². The second-order valence-corrected chi connectivity index (χ2v) is 12.1. The normalized spacial score (nSPS) is 11.9. The van der Waals surface area contributed by atoms with Gasteiger partial charge in [0.2, 0.25) is 8.32 Å². The monoisotopic (exact) mass is 401 g/mol. The SMILES string of the molecule is COc1ccc(C(C#Cc2ccccc2)N(O[Si](C)(C)C)c2ccccc2)cc1. The Morgan fingerprint density at radius 1 is 0.793 bits per heavy atom. The molecule has 0 saturated heterocycles. The standard InChI is InChI=1S/C25H27NO2Si/c1-27-24-18-16-22(17-19-24)25(20-15-21-11-7-5-8-12-21)26(28-29(2,3)4)23-13-9-6-10-14-23/h5-14,16-19,25H,1-4H3. The molecule has 0 fully saturated rings. The smallest absolute Gasteiger partial charge is 0.220 e. The second kappa shape index (κ2) is 9.47. The van der Waals surface area contributed by atoms with Crippen molar-refractivity contribution in [1.82, 2.24) is 0 Å². The van der Waals surface area contributed by atoms with Gasteiger partial charge in [-0.25, -0.2) is 5.06 Å². The topological polar surface area (TPSA) is 21.7 Å². The lowest BCUT2D eigenvalue weighted by Crippen LogP contribution is -2.39. The van der Waals surface area contributed by atoms with Gasteiger partial charge >= 0.3 is 0 Å². The van der Waals surface area contributed by atoms with Crippen molar-refractivity contribution in [1.29, 1.82) is 0 Å². The van der Waals surface area contributed by atoms with Gasteiger partial charge in [-0.05, 0) is 61.6 Å². The van der Waals surface area contributed by atoms with E-state index in [0.717, 1.165) is 22.6 Å². The van der Waals surface area contributed by atoms with Gasteiger partial charge in [-0.3, -0.25) is 0 Å². The first-order chi connectivity index (χ1) is 14.0. The molecule has 0 aliphatic carbocycles. The van der Waals surface area contributed by atoms with Gasteiger partial charge in [-0.1, -0.05) is 60.4 Å². The predicted molar refractivity (Wildman–Crippen MR) is 122 cm³/mol. The maximum Gasteiger partial charge on any atom is 0.220 e. The molecule has 1 atom stereocenters. The van der Waals surface area contributed by atoms with Crippen molar-refractivity contribution < 1.29 is 9.26 Å². The molecule has 29 heavy (non-hydrogen) atoms. The Hall–Kier alpha value is -3.00. The molecule has 0 bridgehead atoms. The number of benzene rings is 3. The number of methoxy groups -OCH3 is 1. The number of hydrogen-bond acceptors (Lipinski definition) is 3. The molecule has 0 aromatic heterocycles. The fourth-order valence-electron chi connectivity index (χ4n) is 2.86. The first kappa shape index (κ1) is 20.7. The molecule has 0 radical (unpaired) electrons. The van der Waals surface area contributed by atoms with Gasteiger partial charge in [0.1, 0.15) is 11.8 Å². The molecule has 0 amide bonds. The van der Waals surface area contributed by atoms with Crippen molar-refractivity contribution in [3.8, 4) is 17.6 Å². The number of ether oxygens (including phenoxy) is 1. The van der Waals surface area contributed by atoms with Crippen molar-refractivity contribution in [2.24, 2.45) is 0 Å². The van der Waals surface area contributed by atoms with Crippen LogP contribution in [0.4, 0.5) is 5.69 Å². The molecule has 0 saturated carbocycles. The summed E-state index contributed by atoms with van der Waals surface area (Å²) < 4.78 is 11.9. The molecule has 0 heterocycles. The van der Waals surface area contributed by atoms with Crippen LogP contribution in [-0.2, 0) is 4.53 Å². The van der Waals surface area contributed by atoms with E-state index in [-0.39, 0.29) is 6.04 Å². The molecule has 0 spiro atoms. The van der Waals surface area contributed by atoms with Gasteiger partial charge in [-0.15, -0.1) is 0 Å². The van der Waals surface area contributed by atoms with E-state index < -0.39 is 8.32 Å². The summed E-state index contributed by atoms with van der Waals surface area (Å²) in [6, 6.07) is 28.0. The maximum absolute atomic E-state index is 6.52.